The Bertz CT molecular complexity index is 1340. The van der Waals surface area contributed by atoms with Crippen molar-refractivity contribution in [3.63, 3.8) is 0 Å². The SMILES string of the molecule is CCc1nc(C)nc(N2CCN(S(=O)(=O)c3ccc(NC(C)=O)cc3)CC2)c1Cc1ccc(Cl)cc1. The van der Waals surface area contributed by atoms with Crippen LogP contribution in [0.1, 0.15) is 36.5 Å². The first kappa shape index (κ1) is 26.1. The Balaban J connectivity index is 1.53. The number of piperazine rings is 1. The van der Waals surface area contributed by atoms with E-state index in [1.165, 1.54) is 23.4 Å². The molecule has 4 rings (SSSR count). The van der Waals surface area contributed by atoms with E-state index >= 15 is 0 Å². The highest BCUT2D eigenvalue weighted by Gasteiger charge is 2.30. The Kier molecular flexibility index (Phi) is 7.92. The first-order valence-corrected chi connectivity index (χ1v) is 13.7. The molecule has 1 aliphatic heterocycles. The number of nitrogens with zero attached hydrogens (tertiary/aromatic N) is 4. The van der Waals surface area contributed by atoms with Crippen molar-refractivity contribution in [3.05, 3.63) is 76.2 Å². The maximum Gasteiger partial charge on any atom is 0.243 e. The van der Waals surface area contributed by atoms with Gasteiger partial charge in [0.1, 0.15) is 11.6 Å². The number of sulfonamides is 1. The van der Waals surface area contributed by atoms with Gasteiger partial charge in [0.2, 0.25) is 15.9 Å². The Hall–Kier alpha value is -3.01. The number of rotatable bonds is 7. The number of carbonyl (C=O) groups is 1. The van der Waals surface area contributed by atoms with Crippen LogP contribution < -0.4 is 10.2 Å². The van der Waals surface area contributed by atoms with Gasteiger partial charge in [0.15, 0.2) is 0 Å². The van der Waals surface area contributed by atoms with Gasteiger partial charge in [-0.15, -0.1) is 0 Å². The molecule has 0 unspecified atom stereocenters. The van der Waals surface area contributed by atoms with E-state index in [2.05, 4.69) is 22.1 Å². The Morgan fingerprint density at radius 1 is 1.00 bits per heavy atom. The van der Waals surface area contributed by atoms with Gasteiger partial charge in [-0.25, -0.2) is 18.4 Å². The normalized spacial score (nSPS) is 14.6. The molecule has 0 aliphatic carbocycles. The monoisotopic (exact) mass is 527 g/mol. The van der Waals surface area contributed by atoms with Crippen LogP contribution in [0.4, 0.5) is 11.5 Å². The minimum Gasteiger partial charge on any atom is -0.354 e. The van der Waals surface area contributed by atoms with Gasteiger partial charge in [-0.05, 0) is 55.3 Å². The number of aromatic nitrogens is 2. The van der Waals surface area contributed by atoms with Gasteiger partial charge in [0.05, 0.1) is 4.90 Å². The topological polar surface area (TPSA) is 95.5 Å². The quantitative estimate of drug-likeness (QED) is 0.498. The van der Waals surface area contributed by atoms with Gasteiger partial charge < -0.3 is 10.2 Å². The fourth-order valence-electron chi connectivity index (χ4n) is 4.38. The number of hydrogen-bond donors (Lipinski definition) is 1. The second-order valence-electron chi connectivity index (χ2n) is 8.77. The molecule has 1 aliphatic rings. The minimum absolute atomic E-state index is 0.205. The molecule has 1 N–H and O–H groups in total. The zero-order valence-corrected chi connectivity index (χ0v) is 22.2. The fraction of sp³-hybridized carbons (Fsp3) is 0.346. The molecular weight excluding hydrogens is 498 g/mol. The molecule has 8 nitrogen and oxygen atoms in total. The van der Waals surface area contributed by atoms with Crippen molar-refractivity contribution < 1.29 is 13.2 Å². The highest BCUT2D eigenvalue weighted by atomic mass is 35.5. The van der Waals surface area contributed by atoms with E-state index in [-0.39, 0.29) is 10.8 Å². The molecule has 0 saturated carbocycles. The van der Waals surface area contributed by atoms with E-state index in [0.29, 0.717) is 49.1 Å². The summed E-state index contributed by atoms with van der Waals surface area (Å²) in [4.78, 5) is 23.1. The molecule has 10 heteroatoms. The van der Waals surface area contributed by atoms with Crippen molar-refractivity contribution in [2.24, 2.45) is 0 Å². The summed E-state index contributed by atoms with van der Waals surface area (Å²) in [7, 11) is -3.65. The number of amides is 1. The molecule has 0 atom stereocenters. The van der Waals surface area contributed by atoms with Gasteiger partial charge in [0.25, 0.3) is 0 Å². The number of halogens is 1. The molecule has 0 radical (unpaired) electrons. The molecule has 3 aromatic rings. The van der Waals surface area contributed by atoms with Gasteiger partial charge in [0, 0.05) is 61.5 Å². The first-order chi connectivity index (χ1) is 17.2. The van der Waals surface area contributed by atoms with Crippen LogP contribution in [0, 0.1) is 6.92 Å². The number of nitrogens with one attached hydrogen (secondary N) is 1. The van der Waals surface area contributed by atoms with Crippen LogP contribution in [0.3, 0.4) is 0 Å². The van der Waals surface area contributed by atoms with Gasteiger partial charge >= 0.3 is 0 Å². The average molecular weight is 528 g/mol. The lowest BCUT2D eigenvalue weighted by atomic mass is 10.0. The van der Waals surface area contributed by atoms with Crippen LogP contribution in [0.15, 0.2) is 53.4 Å². The molecule has 1 amide bonds. The molecule has 0 spiro atoms. The highest BCUT2D eigenvalue weighted by molar-refractivity contribution is 7.89. The molecule has 2 heterocycles. The Morgan fingerprint density at radius 3 is 2.22 bits per heavy atom. The fourth-order valence-corrected chi connectivity index (χ4v) is 5.93. The van der Waals surface area contributed by atoms with Crippen LogP contribution in [0.5, 0.6) is 0 Å². The first-order valence-electron chi connectivity index (χ1n) is 11.9. The molecule has 190 valence electrons. The third-order valence-corrected chi connectivity index (χ3v) is 8.33. The number of carbonyl (C=O) groups excluding carboxylic acids is 1. The number of benzene rings is 2. The highest BCUT2D eigenvalue weighted by Crippen LogP contribution is 2.28. The lowest BCUT2D eigenvalue weighted by Crippen LogP contribution is -2.49. The molecule has 36 heavy (non-hydrogen) atoms. The molecule has 0 bridgehead atoms. The van der Waals surface area contributed by atoms with E-state index in [4.69, 9.17) is 16.6 Å². The van der Waals surface area contributed by atoms with Crippen LogP contribution >= 0.6 is 11.6 Å². The molecule has 2 aromatic carbocycles. The van der Waals surface area contributed by atoms with Crippen LogP contribution in [-0.4, -0.2) is 54.8 Å². The van der Waals surface area contributed by atoms with Crippen molar-refractivity contribution in [1.29, 1.82) is 0 Å². The number of hydrogen-bond acceptors (Lipinski definition) is 6. The summed E-state index contributed by atoms with van der Waals surface area (Å²) in [6, 6.07) is 14.0. The van der Waals surface area contributed by atoms with Gasteiger partial charge in [-0.1, -0.05) is 30.7 Å². The summed E-state index contributed by atoms with van der Waals surface area (Å²) < 4.78 is 28.0. The van der Waals surface area contributed by atoms with E-state index in [1.807, 2.05) is 31.2 Å². The van der Waals surface area contributed by atoms with Crippen molar-refractivity contribution >= 4 is 39.0 Å². The van der Waals surface area contributed by atoms with Crippen LogP contribution in [0.2, 0.25) is 5.02 Å². The van der Waals surface area contributed by atoms with Crippen molar-refractivity contribution in [2.75, 3.05) is 36.4 Å². The maximum atomic E-state index is 13.2. The van der Waals surface area contributed by atoms with E-state index in [0.717, 1.165) is 29.1 Å². The van der Waals surface area contributed by atoms with Crippen molar-refractivity contribution in [1.82, 2.24) is 14.3 Å². The second-order valence-corrected chi connectivity index (χ2v) is 11.1. The van der Waals surface area contributed by atoms with Crippen LogP contribution in [-0.2, 0) is 27.7 Å². The second kappa shape index (κ2) is 10.9. The largest absolute Gasteiger partial charge is 0.354 e. The van der Waals surface area contributed by atoms with E-state index in [9.17, 15) is 13.2 Å². The van der Waals surface area contributed by atoms with E-state index < -0.39 is 10.0 Å². The zero-order valence-electron chi connectivity index (χ0n) is 20.7. The zero-order chi connectivity index (χ0) is 25.9. The lowest BCUT2D eigenvalue weighted by Gasteiger charge is -2.36. The summed E-state index contributed by atoms with van der Waals surface area (Å²) >= 11 is 6.07. The summed E-state index contributed by atoms with van der Waals surface area (Å²) in [5.74, 6) is 1.37. The van der Waals surface area contributed by atoms with Gasteiger partial charge in [-0.3, -0.25) is 4.79 Å². The summed E-state index contributed by atoms with van der Waals surface area (Å²) in [5, 5.41) is 3.35. The average Bonchev–Trinajstić information content (AvgIpc) is 2.86. The van der Waals surface area contributed by atoms with Crippen molar-refractivity contribution in [2.45, 2.75) is 38.5 Å². The molecule has 1 fully saturated rings. The standard InChI is InChI=1S/C26H30ClN5O3S/c1-4-25-24(17-20-5-7-21(27)8-6-20)26(29-18(2)28-25)31-13-15-32(16-14-31)36(34,35)23-11-9-22(10-12-23)30-19(3)33/h5-12H,4,13-17H2,1-3H3,(H,30,33). The third-order valence-electron chi connectivity index (χ3n) is 6.16. The predicted octanol–water partition coefficient (Wildman–Crippen LogP) is 4.06. The van der Waals surface area contributed by atoms with E-state index in [1.54, 1.807) is 12.1 Å². The summed E-state index contributed by atoms with van der Waals surface area (Å²) in [6.45, 7) is 7.13. The number of anilines is 2. The Labute approximate surface area is 217 Å². The predicted molar refractivity (Wildman–Crippen MR) is 142 cm³/mol. The Morgan fingerprint density at radius 2 is 1.64 bits per heavy atom. The third kappa shape index (κ3) is 5.86. The molecular formula is C26H30ClN5O3S. The maximum absolute atomic E-state index is 13.2. The summed E-state index contributed by atoms with van der Waals surface area (Å²) in [6.07, 6.45) is 1.46. The molecule has 1 saturated heterocycles. The minimum atomic E-state index is -3.65. The molecule has 1 aromatic heterocycles. The van der Waals surface area contributed by atoms with Crippen molar-refractivity contribution in [3.8, 4) is 0 Å². The lowest BCUT2D eigenvalue weighted by molar-refractivity contribution is -0.114. The van der Waals surface area contributed by atoms with Crippen LogP contribution in [0.25, 0.3) is 0 Å². The smallest absolute Gasteiger partial charge is 0.243 e. The number of aryl methyl sites for hydroxylation is 2. The summed E-state index contributed by atoms with van der Waals surface area (Å²) in [5.41, 5.74) is 3.74. The van der Waals surface area contributed by atoms with Gasteiger partial charge in [-0.2, -0.15) is 4.31 Å².